The molecule has 11 heteroatoms. The number of hydrogen-bond acceptors (Lipinski definition) is 10. The standard InChI is InChI=1S/C23H21NO10/c1-34-13(26)5-4-8-2-3-9-6-10-15(19(29)14(9)17(8)27)20(30)23(33)11(18(10)28)7-12(25)16(21(23)31)22(24)32/h2-5,10-11,15-16,18,27-28,33H,6-7H2,1H3,(H2,24,32)/t10-,11-,15?,16?,18+,23+/m1/s1. The molecule has 3 aliphatic rings. The van der Waals surface area contributed by atoms with Crippen molar-refractivity contribution in [2.75, 3.05) is 7.11 Å². The van der Waals surface area contributed by atoms with Crippen LogP contribution in [0.4, 0.5) is 0 Å². The Bertz CT molecular complexity index is 1200. The van der Waals surface area contributed by atoms with Crippen molar-refractivity contribution in [3.05, 3.63) is 34.9 Å². The van der Waals surface area contributed by atoms with E-state index in [2.05, 4.69) is 4.74 Å². The Kier molecular flexibility index (Phi) is 5.49. The van der Waals surface area contributed by atoms with E-state index in [-0.39, 0.29) is 17.5 Å². The van der Waals surface area contributed by atoms with E-state index in [1.54, 1.807) is 0 Å². The Morgan fingerprint density at radius 1 is 1.15 bits per heavy atom. The Morgan fingerprint density at radius 3 is 2.44 bits per heavy atom. The molecule has 5 N–H and O–H groups in total. The zero-order chi connectivity index (χ0) is 25.1. The number of aromatic hydroxyl groups is 1. The first kappa shape index (κ1) is 23.5. The number of primary amides is 1. The average Bonchev–Trinajstić information content (AvgIpc) is 2.78. The summed E-state index contributed by atoms with van der Waals surface area (Å²) in [5.41, 5.74) is 2.29. The maximum Gasteiger partial charge on any atom is 0.330 e. The number of ketones is 4. The summed E-state index contributed by atoms with van der Waals surface area (Å²) in [7, 11) is 1.16. The van der Waals surface area contributed by atoms with Crippen LogP contribution in [0.2, 0.25) is 0 Å². The lowest BCUT2D eigenvalue weighted by molar-refractivity contribution is -0.188. The highest BCUT2D eigenvalue weighted by Crippen LogP contribution is 2.50. The Balaban J connectivity index is 1.80. The van der Waals surface area contributed by atoms with Gasteiger partial charge >= 0.3 is 5.97 Å². The van der Waals surface area contributed by atoms with Crippen LogP contribution in [0.3, 0.4) is 0 Å². The van der Waals surface area contributed by atoms with Crippen molar-refractivity contribution in [3.8, 4) is 5.75 Å². The lowest BCUT2D eigenvalue weighted by Crippen LogP contribution is -2.72. The first-order valence-electron chi connectivity index (χ1n) is 10.4. The molecule has 0 radical (unpaired) electrons. The number of ether oxygens (including phenoxy) is 1. The van der Waals surface area contributed by atoms with Gasteiger partial charge in [0.2, 0.25) is 5.91 Å². The average molecular weight is 471 g/mol. The van der Waals surface area contributed by atoms with Crippen LogP contribution in [-0.4, -0.2) is 69.1 Å². The number of amides is 1. The van der Waals surface area contributed by atoms with Gasteiger partial charge in [0.25, 0.3) is 0 Å². The fraction of sp³-hybridized carbons (Fsp3) is 0.391. The van der Waals surface area contributed by atoms with Gasteiger partial charge in [-0.3, -0.25) is 24.0 Å². The minimum Gasteiger partial charge on any atom is -0.507 e. The van der Waals surface area contributed by atoms with Crippen molar-refractivity contribution in [3.63, 3.8) is 0 Å². The van der Waals surface area contributed by atoms with Crippen LogP contribution >= 0.6 is 0 Å². The number of phenolic OH excluding ortho intramolecular Hbond substituents is 1. The van der Waals surface area contributed by atoms with Gasteiger partial charge in [-0.2, -0.15) is 0 Å². The zero-order valence-electron chi connectivity index (χ0n) is 17.9. The third-order valence-corrected chi connectivity index (χ3v) is 7.02. The van der Waals surface area contributed by atoms with Gasteiger partial charge in [-0.05, 0) is 18.1 Å². The van der Waals surface area contributed by atoms with Crippen LogP contribution in [0, 0.1) is 23.7 Å². The zero-order valence-corrected chi connectivity index (χ0v) is 17.9. The van der Waals surface area contributed by atoms with Gasteiger partial charge in [-0.25, -0.2) is 4.79 Å². The van der Waals surface area contributed by atoms with E-state index >= 15 is 0 Å². The van der Waals surface area contributed by atoms with Crippen molar-refractivity contribution >= 4 is 41.1 Å². The highest BCUT2D eigenvalue weighted by atomic mass is 16.5. The second-order valence-corrected chi connectivity index (χ2v) is 8.70. The first-order valence-corrected chi connectivity index (χ1v) is 10.4. The molecule has 6 atom stereocenters. The molecular formula is C23H21NO10. The molecule has 1 aromatic rings. The smallest absolute Gasteiger partial charge is 0.330 e. The first-order chi connectivity index (χ1) is 15.9. The summed E-state index contributed by atoms with van der Waals surface area (Å²) in [6.07, 6.45) is -0.0955. The number of fused-ring (bicyclic) bond motifs is 3. The van der Waals surface area contributed by atoms with Crippen LogP contribution in [0.1, 0.15) is 27.9 Å². The third kappa shape index (κ3) is 3.11. The summed E-state index contributed by atoms with van der Waals surface area (Å²) in [6.45, 7) is 0. The molecule has 4 rings (SSSR count). The number of esters is 1. The van der Waals surface area contributed by atoms with Gasteiger partial charge in [0, 0.05) is 29.9 Å². The summed E-state index contributed by atoms with van der Waals surface area (Å²) < 4.78 is 4.48. The van der Waals surface area contributed by atoms with Crippen molar-refractivity contribution in [2.24, 2.45) is 29.4 Å². The lowest BCUT2D eigenvalue weighted by Gasteiger charge is -2.51. The number of phenols is 1. The minimum atomic E-state index is -2.96. The molecule has 3 aliphatic carbocycles. The summed E-state index contributed by atoms with van der Waals surface area (Å²) >= 11 is 0. The number of nitrogens with two attached hydrogens (primary N) is 1. The van der Waals surface area contributed by atoms with Gasteiger partial charge in [0.1, 0.15) is 5.75 Å². The number of carbonyl (C=O) groups is 6. The third-order valence-electron chi connectivity index (χ3n) is 7.02. The number of Topliss-reactive ketones (excluding diaryl/α,β-unsaturated/α-hetero) is 4. The molecule has 1 aromatic carbocycles. The number of carbonyl (C=O) groups excluding carboxylic acids is 6. The molecule has 178 valence electrons. The van der Waals surface area contributed by atoms with Gasteiger partial charge in [0.05, 0.1) is 24.7 Å². The normalized spacial score (nSPS) is 32.7. The Labute approximate surface area is 192 Å². The summed E-state index contributed by atoms with van der Waals surface area (Å²) in [6, 6.07) is 2.91. The molecule has 1 amide bonds. The molecule has 0 aromatic heterocycles. The maximum absolute atomic E-state index is 13.4. The highest BCUT2D eigenvalue weighted by Gasteiger charge is 2.69. The minimum absolute atomic E-state index is 0.0680. The Morgan fingerprint density at radius 2 is 1.82 bits per heavy atom. The van der Waals surface area contributed by atoms with Gasteiger partial charge in [-0.1, -0.05) is 12.1 Å². The van der Waals surface area contributed by atoms with E-state index in [1.807, 2.05) is 0 Å². The summed E-state index contributed by atoms with van der Waals surface area (Å²) in [4.78, 5) is 75.0. The fourth-order valence-corrected chi connectivity index (χ4v) is 5.33. The second-order valence-electron chi connectivity index (χ2n) is 8.70. The van der Waals surface area contributed by atoms with Gasteiger partial charge < -0.3 is 25.8 Å². The summed E-state index contributed by atoms with van der Waals surface area (Å²) in [5, 5.41) is 32.8. The van der Waals surface area contributed by atoms with E-state index < -0.39 is 82.6 Å². The number of aliphatic hydroxyl groups excluding tert-OH is 1. The van der Waals surface area contributed by atoms with Crippen molar-refractivity contribution in [1.29, 1.82) is 0 Å². The van der Waals surface area contributed by atoms with Gasteiger partial charge in [-0.15, -0.1) is 0 Å². The molecular weight excluding hydrogens is 450 g/mol. The molecule has 34 heavy (non-hydrogen) atoms. The van der Waals surface area contributed by atoms with Crippen LogP contribution in [0.5, 0.6) is 5.75 Å². The van der Waals surface area contributed by atoms with E-state index in [0.29, 0.717) is 5.56 Å². The molecule has 11 nitrogen and oxygen atoms in total. The molecule has 0 bridgehead atoms. The van der Waals surface area contributed by atoms with Crippen molar-refractivity contribution in [1.82, 2.24) is 0 Å². The predicted octanol–water partition coefficient (Wildman–Crippen LogP) is -1.52. The largest absolute Gasteiger partial charge is 0.507 e. The number of rotatable bonds is 3. The van der Waals surface area contributed by atoms with Crippen LogP contribution < -0.4 is 5.73 Å². The molecule has 0 saturated heterocycles. The Hall–Kier alpha value is -3.70. The number of hydrogen-bond donors (Lipinski definition) is 4. The van der Waals surface area contributed by atoms with Crippen LogP contribution in [-0.2, 0) is 35.1 Å². The number of methoxy groups -OCH3 is 1. The fourth-order valence-electron chi connectivity index (χ4n) is 5.33. The highest BCUT2D eigenvalue weighted by molar-refractivity contribution is 6.31. The van der Waals surface area contributed by atoms with Crippen LogP contribution in [0.15, 0.2) is 18.2 Å². The van der Waals surface area contributed by atoms with E-state index in [4.69, 9.17) is 5.73 Å². The SMILES string of the molecule is COC(=O)C=Cc1ccc2c(c1O)C(=O)C1C(=O)[C@]3(O)C(=O)C(C(N)=O)C(=O)C[C@@H]3[C@@H](O)[C@@H]1C2. The van der Waals surface area contributed by atoms with Crippen molar-refractivity contribution in [2.45, 2.75) is 24.5 Å². The van der Waals surface area contributed by atoms with E-state index in [9.17, 15) is 44.1 Å². The van der Waals surface area contributed by atoms with Crippen LogP contribution in [0.25, 0.3) is 6.08 Å². The van der Waals surface area contributed by atoms with E-state index in [1.165, 1.54) is 18.2 Å². The monoisotopic (exact) mass is 471 g/mol. The lowest BCUT2D eigenvalue weighted by atomic mass is 9.52. The van der Waals surface area contributed by atoms with Crippen molar-refractivity contribution < 1.29 is 48.8 Å². The molecule has 2 fully saturated rings. The summed E-state index contributed by atoms with van der Waals surface area (Å²) in [5.74, 6) is -13.5. The molecule has 2 unspecified atom stereocenters. The molecule has 0 aliphatic heterocycles. The molecule has 0 spiro atoms. The quantitative estimate of drug-likeness (QED) is 0.228. The second kappa shape index (κ2) is 7.96. The predicted molar refractivity (Wildman–Crippen MR) is 111 cm³/mol. The maximum atomic E-state index is 13.4. The number of aliphatic hydroxyl groups is 2. The number of benzene rings is 1. The topological polar surface area (TPSA) is 198 Å². The van der Waals surface area contributed by atoms with Gasteiger partial charge in [0.15, 0.2) is 34.7 Å². The molecule has 2 saturated carbocycles. The molecule has 0 heterocycles. The van der Waals surface area contributed by atoms with E-state index in [0.717, 1.165) is 13.2 Å².